The Morgan fingerprint density at radius 2 is 1.46 bits per heavy atom. The van der Waals surface area contributed by atoms with Gasteiger partial charge in [0.25, 0.3) is 0 Å². The number of fused-ring (bicyclic) bond motifs is 1. The fourth-order valence-corrected chi connectivity index (χ4v) is 3.57. The first kappa shape index (κ1) is 19.4. The van der Waals surface area contributed by atoms with Gasteiger partial charge < -0.3 is 14.6 Å². The largest absolute Gasteiger partial charge is 0.508 e. The molecule has 0 saturated heterocycles. The number of phenolic OH excluding ortho intramolecular Hbond substituents is 1. The number of carbonyl (C=O) groups is 2. The maximum absolute atomic E-state index is 12.3. The fourth-order valence-electron chi connectivity index (χ4n) is 3.57. The van der Waals surface area contributed by atoms with Crippen molar-refractivity contribution in [2.24, 2.45) is 5.92 Å². The second kappa shape index (κ2) is 8.57. The molecule has 0 fully saturated rings. The minimum absolute atomic E-state index is 0.112. The summed E-state index contributed by atoms with van der Waals surface area (Å²) >= 11 is 0. The van der Waals surface area contributed by atoms with E-state index in [1.54, 1.807) is 6.07 Å². The second-order valence-electron chi connectivity index (χ2n) is 6.52. The smallest absolute Gasteiger partial charge is 0.320 e. The molecule has 0 aromatic heterocycles. The number of ether oxygens (including phenoxy) is 2. The molecule has 1 atom stereocenters. The molecular formula is C23H22O5. The predicted octanol–water partition coefficient (Wildman–Crippen LogP) is 4.03. The lowest BCUT2D eigenvalue weighted by atomic mass is 9.81. The van der Waals surface area contributed by atoms with Gasteiger partial charge in [-0.1, -0.05) is 60.7 Å². The van der Waals surface area contributed by atoms with E-state index in [1.165, 1.54) is 14.2 Å². The molecule has 144 valence electrons. The van der Waals surface area contributed by atoms with Crippen molar-refractivity contribution in [2.45, 2.75) is 12.3 Å². The van der Waals surface area contributed by atoms with Gasteiger partial charge in [0.2, 0.25) is 0 Å². The number of hydrogen-bond acceptors (Lipinski definition) is 5. The summed E-state index contributed by atoms with van der Waals surface area (Å²) in [7, 11) is 2.48. The summed E-state index contributed by atoms with van der Waals surface area (Å²) in [5.41, 5.74) is 1.55. The summed E-state index contributed by atoms with van der Waals surface area (Å²) in [4.78, 5) is 24.5. The Balaban J connectivity index is 2.18. The predicted molar refractivity (Wildman–Crippen MR) is 106 cm³/mol. The quantitative estimate of drug-likeness (QED) is 0.518. The van der Waals surface area contributed by atoms with E-state index in [1.807, 2.05) is 60.7 Å². The van der Waals surface area contributed by atoms with Crippen LogP contribution in [0.3, 0.4) is 0 Å². The van der Waals surface area contributed by atoms with Crippen LogP contribution in [0.15, 0.2) is 66.7 Å². The maximum atomic E-state index is 12.3. The van der Waals surface area contributed by atoms with E-state index in [2.05, 4.69) is 0 Å². The Labute approximate surface area is 163 Å². The van der Waals surface area contributed by atoms with Gasteiger partial charge in [-0.05, 0) is 28.8 Å². The molecule has 0 aliphatic heterocycles. The van der Waals surface area contributed by atoms with Gasteiger partial charge in [-0.25, -0.2) is 0 Å². The average molecular weight is 378 g/mol. The van der Waals surface area contributed by atoms with Crippen LogP contribution in [-0.2, 0) is 19.1 Å². The highest BCUT2D eigenvalue weighted by molar-refractivity contribution is 5.95. The third kappa shape index (κ3) is 3.83. The molecule has 0 amide bonds. The van der Waals surface area contributed by atoms with Crippen LogP contribution in [-0.4, -0.2) is 31.3 Å². The van der Waals surface area contributed by atoms with Crippen molar-refractivity contribution in [1.29, 1.82) is 0 Å². The van der Waals surface area contributed by atoms with Gasteiger partial charge in [0, 0.05) is 11.5 Å². The molecule has 3 aromatic carbocycles. The maximum Gasteiger partial charge on any atom is 0.320 e. The molecule has 0 bridgehead atoms. The first-order chi connectivity index (χ1) is 13.6. The summed E-state index contributed by atoms with van der Waals surface area (Å²) in [6.45, 7) is 0. The zero-order valence-electron chi connectivity index (χ0n) is 15.8. The van der Waals surface area contributed by atoms with Crippen molar-refractivity contribution >= 4 is 22.7 Å². The van der Waals surface area contributed by atoms with Gasteiger partial charge in [-0.15, -0.1) is 0 Å². The molecule has 5 heteroatoms. The first-order valence-electron chi connectivity index (χ1n) is 8.98. The zero-order chi connectivity index (χ0) is 20.1. The summed E-state index contributed by atoms with van der Waals surface area (Å²) in [6.07, 6.45) is 0.116. The molecule has 1 unspecified atom stereocenters. The Kier molecular flexibility index (Phi) is 5.94. The standard InChI is InChI=1S/C23H22O5/c1-27-22(25)19(23(26)28-2)14-18(15-8-4-3-5-9-15)21-17-11-7-6-10-16(17)12-13-20(21)24/h3-13,18-19,24H,14H2,1-2H3. The number of benzene rings is 3. The number of carbonyl (C=O) groups excluding carboxylic acids is 2. The van der Waals surface area contributed by atoms with Gasteiger partial charge in [0.05, 0.1) is 14.2 Å². The Morgan fingerprint density at radius 1 is 0.857 bits per heavy atom. The zero-order valence-corrected chi connectivity index (χ0v) is 15.8. The molecule has 0 spiro atoms. The Hall–Kier alpha value is -3.34. The molecule has 0 saturated carbocycles. The van der Waals surface area contributed by atoms with Gasteiger partial charge in [-0.3, -0.25) is 9.59 Å². The molecule has 1 N–H and O–H groups in total. The average Bonchev–Trinajstić information content (AvgIpc) is 2.75. The molecule has 3 rings (SSSR count). The van der Waals surface area contributed by atoms with Gasteiger partial charge in [0.1, 0.15) is 5.75 Å². The van der Waals surface area contributed by atoms with Gasteiger partial charge in [-0.2, -0.15) is 0 Å². The number of esters is 2. The number of hydrogen-bond donors (Lipinski definition) is 1. The van der Waals surface area contributed by atoms with Crippen LogP contribution in [0.1, 0.15) is 23.5 Å². The highest BCUT2D eigenvalue weighted by Crippen LogP contribution is 2.40. The highest BCUT2D eigenvalue weighted by Gasteiger charge is 2.34. The molecule has 5 nitrogen and oxygen atoms in total. The summed E-state index contributed by atoms with van der Waals surface area (Å²) in [5.74, 6) is -2.71. The molecule has 0 aliphatic rings. The molecule has 28 heavy (non-hydrogen) atoms. The molecule has 0 radical (unpaired) electrons. The van der Waals surface area contributed by atoms with Crippen LogP contribution >= 0.6 is 0 Å². The van der Waals surface area contributed by atoms with E-state index in [0.29, 0.717) is 5.56 Å². The van der Waals surface area contributed by atoms with E-state index >= 15 is 0 Å². The third-order valence-electron chi connectivity index (χ3n) is 4.94. The molecule has 3 aromatic rings. The molecule has 0 aliphatic carbocycles. The number of phenols is 1. The lowest BCUT2D eigenvalue weighted by Crippen LogP contribution is -2.28. The lowest BCUT2D eigenvalue weighted by Gasteiger charge is -2.24. The van der Waals surface area contributed by atoms with Gasteiger partial charge in [0.15, 0.2) is 5.92 Å². The second-order valence-corrected chi connectivity index (χ2v) is 6.52. The highest BCUT2D eigenvalue weighted by atomic mass is 16.5. The van der Waals surface area contributed by atoms with E-state index in [-0.39, 0.29) is 12.2 Å². The summed E-state index contributed by atoms with van der Waals surface area (Å²) in [6, 6.07) is 20.7. The van der Waals surface area contributed by atoms with Crippen molar-refractivity contribution in [1.82, 2.24) is 0 Å². The minimum Gasteiger partial charge on any atom is -0.508 e. The van der Waals surface area contributed by atoms with E-state index in [4.69, 9.17) is 9.47 Å². The number of aromatic hydroxyl groups is 1. The van der Waals surface area contributed by atoms with Crippen molar-refractivity contribution < 1.29 is 24.2 Å². The monoisotopic (exact) mass is 378 g/mol. The number of rotatable bonds is 6. The topological polar surface area (TPSA) is 72.8 Å². The van der Waals surface area contributed by atoms with E-state index < -0.39 is 23.8 Å². The SMILES string of the molecule is COC(=O)C(CC(c1ccccc1)c1c(O)ccc2ccccc12)C(=O)OC. The number of methoxy groups -OCH3 is 2. The first-order valence-corrected chi connectivity index (χ1v) is 8.98. The van der Waals surface area contributed by atoms with E-state index in [0.717, 1.165) is 16.3 Å². The van der Waals surface area contributed by atoms with Gasteiger partial charge >= 0.3 is 11.9 Å². The summed E-state index contributed by atoms with van der Waals surface area (Å²) < 4.78 is 9.65. The van der Waals surface area contributed by atoms with E-state index in [9.17, 15) is 14.7 Å². The van der Waals surface area contributed by atoms with Crippen molar-refractivity contribution in [2.75, 3.05) is 14.2 Å². The van der Waals surface area contributed by atoms with Crippen LogP contribution in [0.5, 0.6) is 5.75 Å². The third-order valence-corrected chi connectivity index (χ3v) is 4.94. The molecule has 0 heterocycles. The summed E-state index contributed by atoms with van der Waals surface area (Å²) in [5, 5.41) is 12.5. The van der Waals surface area contributed by atoms with Crippen LogP contribution in [0.4, 0.5) is 0 Å². The van der Waals surface area contributed by atoms with Crippen LogP contribution in [0.25, 0.3) is 10.8 Å². The van der Waals surface area contributed by atoms with Crippen molar-refractivity contribution in [3.8, 4) is 5.75 Å². The van der Waals surface area contributed by atoms with Crippen LogP contribution in [0, 0.1) is 5.92 Å². The minimum atomic E-state index is -1.10. The lowest BCUT2D eigenvalue weighted by molar-refractivity contribution is -0.159. The fraction of sp³-hybridized carbons (Fsp3) is 0.217. The van der Waals surface area contributed by atoms with Crippen molar-refractivity contribution in [3.05, 3.63) is 77.9 Å². The Morgan fingerprint density at radius 3 is 2.11 bits per heavy atom. The van der Waals surface area contributed by atoms with Crippen molar-refractivity contribution in [3.63, 3.8) is 0 Å². The van der Waals surface area contributed by atoms with Crippen LogP contribution < -0.4 is 0 Å². The normalized spacial score (nSPS) is 12.0. The Bertz CT molecular complexity index is 965. The van der Waals surface area contributed by atoms with Crippen LogP contribution in [0.2, 0.25) is 0 Å². The molecular weight excluding hydrogens is 356 g/mol.